The van der Waals surface area contributed by atoms with Gasteiger partial charge < -0.3 is 4.74 Å². The number of rotatable bonds is 4. The minimum absolute atomic E-state index is 0.166. The maximum absolute atomic E-state index is 11.5. The van der Waals surface area contributed by atoms with Crippen molar-refractivity contribution in [3.63, 3.8) is 0 Å². The summed E-state index contributed by atoms with van der Waals surface area (Å²) in [6, 6.07) is 3.76. The highest BCUT2D eigenvalue weighted by Crippen LogP contribution is 2.22. The van der Waals surface area contributed by atoms with Crippen LogP contribution < -0.4 is 10.1 Å². The quantitative estimate of drug-likeness (QED) is 0.843. The third-order valence-corrected chi connectivity index (χ3v) is 3.08. The number of ether oxygens (including phenoxy) is 1. The average molecular weight is 285 g/mol. The number of anilines is 1. The van der Waals surface area contributed by atoms with Gasteiger partial charge in [-0.05, 0) is 18.2 Å². The molecule has 2 aromatic heterocycles. The predicted molar refractivity (Wildman–Crippen MR) is 69.9 cm³/mol. The second-order valence-corrected chi connectivity index (χ2v) is 4.88. The van der Waals surface area contributed by atoms with Crippen molar-refractivity contribution >= 4 is 40.9 Å². The first-order chi connectivity index (χ1) is 8.67. The number of aromatic nitrogens is 3. The summed E-state index contributed by atoms with van der Waals surface area (Å²) in [7, 11) is 1.44. The van der Waals surface area contributed by atoms with E-state index in [2.05, 4.69) is 20.5 Å². The average Bonchev–Trinajstić information content (AvgIpc) is 2.95. The Hall–Kier alpha value is -1.86. The number of H-pyrrole nitrogens is 1. The Morgan fingerprint density at radius 2 is 2.44 bits per heavy atom. The number of aromatic amines is 1. The molecule has 1 amide bonds. The Labute approximate surface area is 112 Å². The van der Waals surface area contributed by atoms with Crippen LogP contribution in [0.25, 0.3) is 6.08 Å². The molecule has 0 aliphatic rings. The van der Waals surface area contributed by atoms with E-state index >= 15 is 0 Å². The highest BCUT2D eigenvalue weighted by Gasteiger charge is 2.04. The highest BCUT2D eigenvalue weighted by atomic mass is 35.5. The number of thiophene rings is 1. The van der Waals surface area contributed by atoms with Crippen molar-refractivity contribution in [1.29, 1.82) is 0 Å². The van der Waals surface area contributed by atoms with Crippen LogP contribution in [0.2, 0.25) is 4.34 Å². The molecule has 0 atom stereocenters. The van der Waals surface area contributed by atoms with E-state index in [0.29, 0.717) is 4.34 Å². The molecule has 18 heavy (non-hydrogen) atoms. The number of methoxy groups -OCH3 is 1. The second-order valence-electron chi connectivity index (χ2n) is 3.14. The van der Waals surface area contributed by atoms with Crippen LogP contribution in [0.5, 0.6) is 6.01 Å². The van der Waals surface area contributed by atoms with Crippen LogP contribution >= 0.6 is 22.9 Å². The van der Waals surface area contributed by atoms with Gasteiger partial charge >= 0.3 is 6.01 Å². The molecule has 2 heterocycles. The van der Waals surface area contributed by atoms with Crippen LogP contribution in [0.3, 0.4) is 0 Å². The Morgan fingerprint density at radius 1 is 1.61 bits per heavy atom. The number of carbonyl (C=O) groups excluding carboxylic acids is 1. The van der Waals surface area contributed by atoms with Gasteiger partial charge in [-0.3, -0.25) is 10.1 Å². The zero-order valence-electron chi connectivity index (χ0n) is 9.31. The summed E-state index contributed by atoms with van der Waals surface area (Å²) >= 11 is 7.16. The van der Waals surface area contributed by atoms with E-state index in [9.17, 15) is 4.79 Å². The molecule has 0 aromatic carbocycles. The summed E-state index contributed by atoms with van der Waals surface area (Å²) in [5.41, 5.74) is 0. The fourth-order valence-electron chi connectivity index (χ4n) is 1.13. The lowest BCUT2D eigenvalue weighted by atomic mass is 10.4. The van der Waals surface area contributed by atoms with Crippen LogP contribution in [0.4, 0.5) is 5.95 Å². The van der Waals surface area contributed by atoms with Gasteiger partial charge in [0.2, 0.25) is 5.95 Å². The van der Waals surface area contributed by atoms with Crippen molar-refractivity contribution < 1.29 is 9.53 Å². The summed E-state index contributed by atoms with van der Waals surface area (Å²) in [4.78, 5) is 16.3. The minimum Gasteiger partial charge on any atom is -0.466 e. The lowest BCUT2D eigenvalue weighted by molar-refractivity contribution is -0.111. The lowest BCUT2D eigenvalue weighted by Crippen LogP contribution is -2.08. The van der Waals surface area contributed by atoms with Crippen molar-refractivity contribution in [3.8, 4) is 6.01 Å². The molecular weight excluding hydrogens is 276 g/mol. The largest absolute Gasteiger partial charge is 0.466 e. The third-order valence-electron chi connectivity index (χ3n) is 1.88. The van der Waals surface area contributed by atoms with Crippen molar-refractivity contribution in [2.24, 2.45) is 0 Å². The first-order valence-corrected chi connectivity index (χ1v) is 6.07. The van der Waals surface area contributed by atoms with Crippen molar-refractivity contribution in [2.45, 2.75) is 0 Å². The fraction of sp³-hybridized carbons (Fsp3) is 0.100. The minimum atomic E-state index is -0.321. The molecule has 6 nitrogen and oxygen atoms in total. The van der Waals surface area contributed by atoms with Gasteiger partial charge in [0.05, 0.1) is 11.4 Å². The SMILES string of the molecule is COc1n[nH]c(NC(=O)/C=C/c2ccc(Cl)s2)n1. The summed E-state index contributed by atoms with van der Waals surface area (Å²) in [5.74, 6) is -0.0935. The van der Waals surface area contributed by atoms with E-state index in [4.69, 9.17) is 16.3 Å². The smallest absolute Gasteiger partial charge is 0.336 e. The zero-order valence-corrected chi connectivity index (χ0v) is 10.9. The van der Waals surface area contributed by atoms with Crippen LogP contribution in [0.1, 0.15) is 4.88 Å². The number of amides is 1. The van der Waals surface area contributed by atoms with Crippen LogP contribution in [0, 0.1) is 0 Å². The van der Waals surface area contributed by atoms with Gasteiger partial charge in [-0.2, -0.15) is 4.98 Å². The van der Waals surface area contributed by atoms with Gasteiger partial charge in [-0.25, -0.2) is 5.10 Å². The monoisotopic (exact) mass is 284 g/mol. The van der Waals surface area contributed by atoms with Gasteiger partial charge in [0.1, 0.15) is 0 Å². The van der Waals surface area contributed by atoms with E-state index < -0.39 is 0 Å². The predicted octanol–water partition coefficient (Wildman–Crippen LogP) is 2.18. The Morgan fingerprint density at radius 3 is 3.06 bits per heavy atom. The van der Waals surface area contributed by atoms with E-state index in [-0.39, 0.29) is 17.9 Å². The molecule has 0 unspecified atom stereocenters. The topological polar surface area (TPSA) is 79.9 Å². The summed E-state index contributed by atoms with van der Waals surface area (Å²) in [6.07, 6.45) is 3.05. The number of hydrogen-bond donors (Lipinski definition) is 2. The standard InChI is InChI=1S/C10H9ClN4O2S/c1-17-10-13-9(14-15-10)12-8(16)5-3-6-2-4-7(11)18-6/h2-5H,1H3,(H2,12,13,14,15,16)/b5-3+. The fourth-order valence-corrected chi connectivity index (χ4v) is 2.09. The van der Waals surface area contributed by atoms with Gasteiger partial charge in [-0.15, -0.1) is 16.4 Å². The number of nitrogens with one attached hydrogen (secondary N) is 2. The molecule has 2 rings (SSSR count). The molecule has 0 fully saturated rings. The van der Waals surface area contributed by atoms with E-state index in [1.54, 1.807) is 12.1 Å². The summed E-state index contributed by atoms with van der Waals surface area (Å²) in [6.45, 7) is 0. The molecule has 0 aliphatic heterocycles. The van der Waals surface area contributed by atoms with Crippen LogP contribution in [-0.2, 0) is 4.79 Å². The summed E-state index contributed by atoms with van der Waals surface area (Å²) in [5, 5.41) is 8.73. The molecule has 0 spiro atoms. The molecule has 0 aliphatic carbocycles. The zero-order chi connectivity index (χ0) is 13.0. The number of nitrogens with zero attached hydrogens (tertiary/aromatic N) is 2. The van der Waals surface area contributed by atoms with Crippen molar-refractivity contribution in [3.05, 3.63) is 27.4 Å². The molecule has 2 aromatic rings. The number of carbonyl (C=O) groups is 1. The first kappa shape index (κ1) is 12.6. The highest BCUT2D eigenvalue weighted by molar-refractivity contribution is 7.17. The molecule has 0 saturated heterocycles. The van der Waals surface area contributed by atoms with E-state index in [1.807, 2.05) is 6.07 Å². The molecule has 0 bridgehead atoms. The molecule has 94 valence electrons. The van der Waals surface area contributed by atoms with Gasteiger partial charge in [-0.1, -0.05) is 11.6 Å². The van der Waals surface area contributed by atoms with E-state index in [1.165, 1.54) is 24.5 Å². The molecule has 2 N–H and O–H groups in total. The normalized spacial score (nSPS) is 10.8. The van der Waals surface area contributed by atoms with Gasteiger partial charge in [0.15, 0.2) is 0 Å². The second kappa shape index (κ2) is 5.65. The Bertz CT molecular complexity index is 578. The van der Waals surface area contributed by atoms with Crippen molar-refractivity contribution in [2.75, 3.05) is 12.4 Å². The van der Waals surface area contributed by atoms with Crippen LogP contribution in [-0.4, -0.2) is 28.2 Å². The molecule has 0 radical (unpaired) electrons. The number of hydrogen-bond acceptors (Lipinski definition) is 5. The first-order valence-electron chi connectivity index (χ1n) is 4.88. The van der Waals surface area contributed by atoms with Crippen molar-refractivity contribution in [1.82, 2.24) is 15.2 Å². The van der Waals surface area contributed by atoms with Gasteiger partial charge in [0.25, 0.3) is 5.91 Å². The molecule has 0 saturated carbocycles. The Balaban J connectivity index is 1.94. The maximum Gasteiger partial charge on any atom is 0.336 e. The molecule has 8 heteroatoms. The molecular formula is C10H9ClN4O2S. The van der Waals surface area contributed by atoms with Gasteiger partial charge in [0, 0.05) is 11.0 Å². The lowest BCUT2D eigenvalue weighted by Gasteiger charge is -1.94. The third kappa shape index (κ3) is 3.31. The summed E-state index contributed by atoms with van der Waals surface area (Å²) < 4.78 is 5.45. The van der Waals surface area contributed by atoms with E-state index in [0.717, 1.165) is 4.88 Å². The number of halogens is 1. The van der Waals surface area contributed by atoms with Crippen LogP contribution in [0.15, 0.2) is 18.2 Å². The maximum atomic E-state index is 11.5. The Kier molecular flexibility index (Phi) is 3.96.